The van der Waals surface area contributed by atoms with Crippen molar-refractivity contribution >= 4 is 36.8 Å². The fourth-order valence-corrected chi connectivity index (χ4v) is 3.06. The Morgan fingerprint density at radius 2 is 1.69 bits per heavy atom. The molecule has 3 nitrogen and oxygen atoms in total. The molecule has 0 atom stereocenters. The van der Waals surface area contributed by atoms with Crippen LogP contribution < -0.4 is 29.6 Å². The molecule has 0 aliphatic rings. The Bertz CT molecular complexity index is 625. The van der Waals surface area contributed by atoms with E-state index in [9.17, 15) is 13.0 Å². The van der Waals surface area contributed by atoms with Crippen LogP contribution in [0, 0.1) is 0 Å². The zero-order valence-electron chi connectivity index (χ0n) is 8.48. The molecular formula is C10H6BrNaO3S. The summed E-state index contributed by atoms with van der Waals surface area (Å²) in [5.41, 5.74) is 0. The Morgan fingerprint density at radius 3 is 2.31 bits per heavy atom. The van der Waals surface area contributed by atoms with E-state index < -0.39 is 10.1 Å². The molecule has 0 unspecified atom stereocenters. The molecule has 0 radical (unpaired) electrons. The van der Waals surface area contributed by atoms with Crippen molar-refractivity contribution in [2.24, 2.45) is 0 Å². The summed E-state index contributed by atoms with van der Waals surface area (Å²) in [6.07, 6.45) is 0. The average molecular weight is 309 g/mol. The maximum absolute atomic E-state index is 10.9. The van der Waals surface area contributed by atoms with Crippen molar-refractivity contribution in [3.8, 4) is 0 Å². The van der Waals surface area contributed by atoms with Crippen LogP contribution in [-0.2, 0) is 10.1 Å². The first-order valence-corrected chi connectivity index (χ1v) is 6.33. The largest absolute Gasteiger partial charge is 1.00 e. The van der Waals surface area contributed by atoms with Crippen LogP contribution in [0.5, 0.6) is 0 Å². The number of fused-ring (bicyclic) bond motifs is 1. The predicted molar refractivity (Wildman–Crippen MR) is 59.6 cm³/mol. The van der Waals surface area contributed by atoms with Gasteiger partial charge in [0.15, 0.2) is 0 Å². The Balaban J connectivity index is 0.00000128. The molecule has 0 aromatic heterocycles. The molecule has 0 N–H and O–H groups in total. The number of benzene rings is 2. The maximum Gasteiger partial charge on any atom is 1.00 e. The molecule has 78 valence electrons. The molecule has 0 fully saturated rings. The summed E-state index contributed by atoms with van der Waals surface area (Å²) in [5, 5.41) is 1.60. The van der Waals surface area contributed by atoms with Gasteiger partial charge >= 0.3 is 29.6 Å². The van der Waals surface area contributed by atoms with Crippen molar-refractivity contribution in [3.05, 3.63) is 40.9 Å². The maximum atomic E-state index is 10.9. The summed E-state index contributed by atoms with van der Waals surface area (Å²) in [6, 6.07) is 10.2. The molecule has 0 amide bonds. The molecule has 0 spiro atoms. The topological polar surface area (TPSA) is 57.2 Å². The van der Waals surface area contributed by atoms with Gasteiger partial charge in [0.2, 0.25) is 0 Å². The number of rotatable bonds is 1. The summed E-state index contributed by atoms with van der Waals surface area (Å²) in [7, 11) is -4.42. The van der Waals surface area contributed by atoms with Crippen LogP contribution in [0.25, 0.3) is 10.8 Å². The third-order valence-electron chi connectivity index (χ3n) is 2.10. The van der Waals surface area contributed by atoms with E-state index in [1.54, 1.807) is 18.2 Å². The third-order valence-corrected chi connectivity index (χ3v) is 4.09. The van der Waals surface area contributed by atoms with Crippen LogP contribution in [0.3, 0.4) is 0 Å². The minimum absolute atomic E-state index is 0. The normalized spacial score (nSPS) is 11.1. The second kappa shape index (κ2) is 5.16. The van der Waals surface area contributed by atoms with Gasteiger partial charge in [-0.2, -0.15) is 0 Å². The van der Waals surface area contributed by atoms with E-state index >= 15 is 0 Å². The van der Waals surface area contributed by atoms with E-state index in [4.69, 9.17) is 0 Å². The number of hydrogen-bond acceptors (Lipinski definition) is 3. The second-order valence-electron chi connectivity index (χ2n) is 3.05. The summed E-state index contributed by atoms with van der Waals surface area (Å²) in [4.78, 5) is -0.221. The van der Waals surface area contributed by atoms with Crippen LogP contribution in [0.15, 0.2) is 45.8 Å². The third kappa shape index (κ3) is 2.67. The molecule has 2 rings (SSSR count). The fraction of sp³-hybridized carbons (Fsp3) is 0. The molecule has 0 aliphatic carbocycles. The van der Waals surface area contributed by atoms with Gasteiger partial charge in [0.25, 0.3) is 0 Å². The first kappa shape index (κ1) is 14.2. The van der Waals surface area contributed by atoms with Crippen LogP contribution in [0.1, 0.15) is 0 Å². The minimum Gasteiger partial charge on any atom is -0.744 e. The van der Waals surface area contributed by atoms with Crippen LogP contribution in [0.4, 0.5) is 0 Å². The van der Waals surface area contributed by atoms with E-state index in [1.165, 1.54) is 6.07 Å². The summed E-state index contributed by atoms with van der Waals surface area (Å²) >= 11 is 3.14. The van der Waals surface area contributed by atoms with Gasteiger partial charge in [-0.25, -0.2) is 8.42 Å². The van der Waals surface area contributed by atoms with E-state index in [-0.39, 0.29) is 34.5 Å². The van der Waals surface area contributed by atoms with E-state index in [1.807, 2.05) is 12.1 Å². The Hall–Kier alpha value is 0.0900. The smallest absolute Gasteiger partial charge is 0.744 e. The molecule has 2 aromatic carbocycles. The van der Waals surface area contributed by atoms with Crippen molar-refractivity contribution in [3.63, 3.8) is 0 Å². The van der Waals surface area contributed by atoms with Gasteiger partial charge in [-0.1, -0.05) is 30.3 Å². The molecule has 0 saturated heterocycles. The molecule has 16 heavy (non-hydrogen) atoms. The van der Waals surface area contributed by atoms with Gasteiger partial charge < -0.3 is 4.55 Å². The van der Waals surface area contributed by atoms with Crippen molar-refractivity contribution in [1.29, 1.82) is 0 Å². The Morgan fingerprint density at radius 1 is 1.06 bits per heavy atom. The standard InChI is InChI=1S/C10H7BrO3S.Na/c11-10-8-4-2-1-3-7(8)5-6-9(10)15(12,13)14;/h1-6H,(H,12,13,14);/q;+1/p-1. The summed E-state index contributed by atoms with van der Waals surface area (Å²) in [6.45, 7) is 0. The van der Waals surface area contributed by atoms with Gasteiger partial charge in [-0.05, 0) is 32.8 Å². The average Bonchev–Trinajstić information content (AvgIpc) is 2.16. The van der Waals surface area contributed by atoms with Crippen molar-refractivity contribution in [1.82, 2.24) is 0 Å². The van der Waals surface area contributed by atoms with Gasteiger partial charge in [0, 0.05) is 4.47 Å². The van der Waals surface area contributed by atoms with Crippen molar-refractivity contribution < 1.29 is 42.5 Å². The van der Waals surface area contributed by atoms with E-state index in [0.29, 0.717) is 4.47 Å². The first-order valence-electron chi connectivity index (χ1n) is 4.13. The van der Waals surface area contributed by atoms with E-state index in [2.05, 4.69) is 15.9 Å². The molecule has 0 bridgehead atoms. The Labute approximate surface area is 124 Å². The molecule has 0 saturated carbocycles. The first-order chi connectivity index (χ1) is 7.00. The fourth-order valence-electron chi connectivity index (χ4n) is 1.41. The molecule has 6 heteroatoms. The quantitative estimate of drug-likeness (QED) is 0.528. The van der Waals surface area contributed by atoms with Crippen molar-refractivity contribution in [2.75, 3.05) is 0 Å². The SMILES string of the molecule is O=S(=O)([O-])c1ccc2ccccc2c1Br.[Na+]. The Kier molecular flexibility index (Phi) is 4.57. The number of hydrogen-bond donors (Lipinski definition) is 0. The predicted octanol–water partition coefficient (Wildman–Crippen LogP) is -0.490. The molecule has 0 aliphatic heterocycles. The monoisotopic (exact) mass is 308 g/mol. The number of halogens is 1. The zero-order chi connectivity index (χ0) is 11.1. The summed E-state index contributed by atoms with van der Waals surface area (Å²) in [5.74, 6) is 0. The summed E-state index contributed by atoms with van der Waals surface area (Å²) < 4.78 is 33.1. The second-order valence-corrected chi connectivity index (χ2v) is 5.19. The van der Waals surface area contributed by atoms with Gasteiger partial charge in [-0.3, -0.25) is 0 Å². The minimum atomic E-state index is -4.42. The van der Waals surface area contributed by atoms with Crippen LogP contribution >= 0.6 is 15.9 Å². The van der Waals surface area contributed by atoms with Gasteiger partial charge in [0.1, 0.15) is 10.1 Å². The zero-order valence-corrected chi connectivity index (χ0v) is 12.9. The van der Waals surface area contributed by atoms with Crippen LogP contribution in [0.2, 0.25) is 0 Å². The molecular weight excluding hydrogens is 303 g/mol. The molecule has 2 aromatic rings. The van der Waals surface area contributed by atoms with Gasteiger partial charge in [-0.15, -0.1) is 0 Å². The van der Waals surface area contributed by atoms with Crippen LogP contribution in [-0.4, -0.2) is 13.0 Å². The van der Waals surface area contributed by atoms with Gasteiger partial charge in [0.05, 0.1) is 4.90 Å². The van der Waals surface area contributed by atoms with E-state index in [0.717, 1.165) is 10.8 Å². The van der Waals surface area contributed by atoms with Crippen molar-refractivity contribution in [2.45, 2.75) is 4.90 Å². The molecule has 0 heterocycles.